The highest BCUT2D eigenvalue weighted by Crippen LogP contribution is 2.24. The zero-order chi connectivity index (χ0) is 21.0. The van der Waals surface area contributed by atoms with Gasteiger partial charge in [0.2, 0.25) is 15.9 Å². The Morgan fingerprint density at radius 3 is 2.34 bits per heavy atom. The molecule has 0 radical (unpaired) electrons. The third kappa shape index (κ3) is 5.11. The summed E-state index contributed by atoms with van der Waals surface area (Å²) in [7, 11) is -2.07. The van der Waals surface area contributed by atoms with Gasteiger partial charge >= 0.3 is 0 Å². The Morgan fingerprint density at radius 2 is 1.76 bits per heavy atom. The van der Waals surface area contributed by atoms with E-state index < -0.39 is 10.0 Å². The number of hydrogen-bond acceptors (Lipinski definition) is 5. The number of nitrogens with zero attached hydrogens (tertiary/aromatic N) is 2. The van der Waals surface area contributed by atoms with Gasteiger partial charge in [-0.25, -0.2) is 12.8 Å². The Morgan fingerprint density at radius 1 is 1.10 bits per heavy atom. The van der Waals surface area contributed by atoms with Gasteiger partial charge in [0.25, 0.3) is 0 Å². The Labute approximate surface area is 170 Å². The van der Waals surface area contributed by atoms with E-state index in [1.54, 1.807) is 25.1 Å². The highest BCUT2D eigenvalue weighted by molar-refractivity contribution is 7.89. The molecular formula is C20H24FN3O4S. The van der Waals surface area contributed by atoms with E-state index in [1.165, 1.54) is 35.7 Å². The first kappa shape index (κ1) is 21.2. The van der Waals surface area contributed by atoms with Crippen LogP contribution in [-0.4, -0.2) is 63.4 Å². The van der Waals surface area contributed by atoms with Crippen molar-refractivity contribution >= 4 is 21.6 Å². The number of nitrogens with one attached hydrogen (secondary N) is 1. The van der Waals surface area contributed by atoms with Gasteiger partial charge in [0.05, 0.1) is 18.6 Å². The number of benzene rings is 2. The van der Waals surface area contributed by atoms with Crippen LogP contribution in [0.2, 0.25) is 0 Å². The smallest absolute Gasteiger partial charge is 0.243 e. The molecule has 2 aromatic rings. The lowest BCUT2D eigenvalue weighted by Gasteiger charge is -2.33. The van der Waals surface area contributed by atoms with Crippen molar-refractivity contribution in [2.24, 2.45) is 0 Å². The molecule has 1 aliphatic rings. The van der Waals surface area contributed by atoms with Gasteiger partial charge in [-0.2, -0.15) is 4.31 Å². The predicted octanol–water partition coefficient (Wildman–Crippen LogP) is 2.09. The van der Waals surface area contributed by atoms with Gasteiger partial charge in [0, 0.05) is 31.9 Å². The fourth-order valence-electron chi connectivity index (χ4n) is 3.24. The summed E-state index contributed by atoms with van der Waals surface area (Å²) in [6.07, 6.45) is 0. The van der Waals surface area contributed by atoms with Gasteiger partial charge in [-0.3, -0.25) is 9.69 Å². The minimum absolute atomic E-state index is 0.146. The van der Waals surface area contributed by atoms with E-state index in [0.29, 0.717) is 43.2 Å². The first-order valence-electron chi connectivity index (χ1n) is 9.22. The molecule has 9 heteroatoms. The molecule has 0 saturated carbocycles. The Bertz CT molecular complexity index is 972. The molecule has 1 saturated heterocycles. The van der Waals surface area contributed by atoms with Gasteiger partial charge in [0.1, 0.15) is 11.6 Å². The van der Waals surface area contributed by atoms with Crippen LogP contribution in [0.15, 0.2) is 47.4 Å². The van der Waals surface area contributed by atoms with Crippen LogP contribution in [0.5, 0.6) is 5.75 Å². The third-order valence-electron chi connectivity index (χ3n) is 4.83. The van der Waals surface area contributed by atoms with Crippen molar-refractivity contribution < 1.29 is 22.3 Å². The monoisotopic (exact) mass is 421 g/mol. The summed E-state index contributed by atoms with van der Waals surface area (Å²) in [5.74, 6) is 0.0183. The number of halogens is 1. The Kier molecular flexibility index (Phi) is 6.51. The summed E-state index contributed by atoms with van der Waals surface area (Å²) < 4.78 is 45.4. The lowest BCUT2D eigenvalue weighted by Crippen LogP contribution is -2.50. The summed E-state index contributed by atoms with van der Waals surface area (Å²) in [4.78, 5) is 14.3. The molecule has 0 bridgehead atoms. The van der Waals surface area contributed by atoms with Crippen molar-refractivity contribution in [2.45, 2.75) is 11.8 Å². The number of carbonyl (C=O) groups excluding carboxylic acids is 1. The van der Waals surface area contributed by atoms with Crippen LogP contribution in [0.3, 0.4) is 0 Å². The maximum Gasteiger partial charge on any atom is 0.243 e. The number of sulfonamides is 1. The first-order chi connectivity index (χ1) is 13.8. The number of aryl methyl sites for hydroxylation is 1. The van der Waals surface area contributed by atoms with E-state index in [2.05, 4.69) is 5.32 Å². The van der Waals surface area contributed by atoms with E-state index in [4.69, 9.17) is 4.74 Å². The zero-order valence-corrected chi connectivity index (χ0v) is 17.2. The third-order valence-corrected chi connectivity index (χ3v) is 6.89. The van der Waals surface area contributed by atoms with Crippen LogP contribution in [0.1, 0.15) is 5.56 Å². The summed E-state index contributed by atoms with van der Waals surface area (Å²) in [5, 5.41) is 2.71. The van der Waals surface area contributed by atoms with Gasteiger partial charge in [-0.15, -0.1) is 0 Å². The van der Waals surface area contributed by atoms with Gasteiger partial charge in [-0.05, 0) is 55.0 Å². The lowest BCUT2D eigenvalue weighted by atomic mass is 10.2. The van der Waals surface area contributed by atoms with Crippen LogP contribution in [0, 0.1) is 12.7 Å². The second kappa shape index (κ2) is 8.89. The zero-order valence-electron chi connectivity index (χ0n) is 16.4. The molecule has 2 aromatic carbocycles. The van der Waals surface area contributed by atoms with Gasteiger partial charge in [-0.1, -0.05) is 0 Å². The molecule has 0 aliphatic carbocycles. The lowest BCUT2D eigenvalue weighted by molar-refractivity contribution is -0.117. The Hall–Kier alpha value is -2.49. The molecule has 1 aliphatic heterocycles. The predicted molar refractivity (Wildman–Crippen MR) is 108 cm³/mol. The highest BCUT2D eigenvalue weighted by Gasteiger charge is 2.30. The van der Waals surface area contributed by atoms with Crippen molar-refractivity contribution in [3.8, 4) is 5.75 Å². The molecule has 3 rings (SSSR count). The van der Waals surface area contributed by atoms with Gasteiger partial charge in [0.15, 0.2) is 0 Å². The van der Waals surface area contributed by atoms with Crippen molar-refractivity contribution in [1.29, 1.82) is 0 Å². The molecule has 0 unspecified atom stereocenters. The Balaban J connectivity index is 1.57. The first-order valence-corrected chi connectivity index (χ1v) is 10.7. The SMILES string of the molecule is COc1ccc(S(=O)(=O)N2CCN(CC(=O)Nc3ccc(F)cc3)CC2)c(C)c1. The van der Waals surface area contributed by atoms with E-state index in [9.17, 15) is 17.6 Å². The largest absolute Gasteiger partial charge is 0.497 e. The van der Waals surface area contributed by atoms with Crippen molar-refractivity contribution in [1.82, 2.24) is 9.21 Å². The quantitative estimate of drug-likeness (QED) is 0.773. The molecular weight excluding hydrogens is 397 g/mol. The summed E-state index contributed by atoms with van der Waals surface area (Å²) in [5.41, 5.74) is 1.15. The minimum Gasteiger partial charge on any atom is -0.497 e. The summed E-state index contributed by atoms with van der Waals surface area (Å²) >= 11 is 0. The molecule has 1 heterocycles. The van der Waals surface area contributed by atoms with Crippen LogP contribution >= 0.6 is 0 Å². The van der Waals surface area contributed by atoms with E-state index >= 15 is 0 Å². The number of ether oxygens (including phenoxy) is 1. The van der Waals surface area contributed by atoms with Crippen molar-refractivity contribution in [3.05, 3.63) is 53.8 Å². The van der Waals surface area contributed by atoms with Crippen molar-refractivity contribution in [2.75, 3.05) is 45.2 Å². The normalized spacial score (nSPS) is 15.8. The molecule has 1 amide bonds. The molecule has 7 nitrogen and oxygen atoms in total. The fourth-order valence-corrected chi connectivity index (χ4v) is 4.87. The van der Waals surface area contributed by atoms with E-state index in [0.717, 1.165) is 0 Å². The molecule has 156 valence electrons. The maximum atomic E-state index is 13.0. The minimum atomic E-state index is -3.61. The van der Waals surface area contributed by atoms with Crippen LogP contribution in [-0.2, 0) is 14.8 Å². The number of anilines is 1. The summed E-state index contributed by atoms with van der Waals surface area (Å²) in [6.45, 7) is 3.39. The molecule has 1 N–H and O–H groups in total. The number of methoxy groups -OCH3 is 1. The molecule has 29 heavy (non-hydrogen) atoms. The van der Waals surface area contributed by atoms with Gasteiger partial charge < -0.3 is 10.1 Å². The molecule has 1 fully saturated rings. The van der Waals surface area contributed by atoms with E-state index in [-0.39, 0.29) is 23.2 Å². The summed E-state index contributed by atoms with van der Waals surface area (Å²) in [6, 6.07) is 10.4. The van der Waals surface area contributed by atoms with Crippen LogP contribution in [0.4, 0.5) is 10.1 Å². The average molecular weight is 421 g/mol. The molecule has 0 atom stereocenters. The fraction of sp³-hybridized carbons (Fsp3) is 0.350. The maximum absolute atomic E-state index is 13.0. The van der Waals surface area contributed by atoms with Crippen molar-refractivity contribution in [3.63, 3.8) is 0 Å². The second-order valence-corrected chi connectivity index (χ2v) is 8.77. The number of rotatable bonds is 6. The molecule has 0 spiro atoms. The van der Waals surface area contributed by atoms with Crippen LogP contribution in [0.25, 0.3) is 0 Å². The number of hydrogen-bond donors (Lipinski definition) is 1. The highest BCUT2D eigenvalue weighted by atomic mass is 32.2. The number of amides is 1. The second-order valence-electron chi connectivity index (χ2n) is 6.87. The topological polar surface area (TPSA) is 79.0 Å². The standard InChI is InChI=1S/C20H24FN3O4S/c1-15-13-18(28-2)7-8-19(15)29(26,27)24-11-9-23(10-12-24)14-20(25)22-17-5-3-16(21)4-6-17/h3-8,13H,9-12,14H2,1-2H3,(H,22,25). The van der Waals surface area contributed by atoms with E-state index in [1.807, 2.05) is 4.90 Å². The number of carbonyl (C=O) groups is 1. The average Bonchev–Trinajstić information content (AvgIpc) is 2.69. The molecule has 0 aromatic heterocycles. The number of piperazine rings is 1. The van der Waals surface area contributed by atoms with Crippen LogP contribution < -0.4 is 10.1 Å².